The Labute approximate surface area is 150 Å². The van der Waals surface area contributed by atoms with E-state index in [9.17, 15) is 4.79 Å². The van der Waals surface area contributed by atoms with E-state index in [-0.39, 0.29) is 5.91 Å². The van der Waals surface area contributed by atoms with Crippen LogP contribution in [0.2, 0.25) is 0 Å². The van der Waals surface area contributed by atoms with E-state index in [1.54, 1.807) is 12.1 Å². The van der Waals surface area contributed by atoms with Crippen LogP contribution in [-0.2, 0) is 0 Å². The first kappa shape index (κ1) is 18.8. The highest BCUT2D eigenvalue weighted by Crippen LogP contribution is 2.20. The highest BCUT2D eigenvalue weighted by atomic mass is 16.5. The van der Waals surface area contributed by atoms with Gasteiger partial charge in [0, 0.05) is 17.3 Å². The van der Waals surface area contributed by atoms with Crippen LogP contribution in [0.15, 0.2) is 48.5 Å². The van der Waals surface area contributed by atoms with Gasteiger partial charge in [0.2, 0.25) is 0 Å². The monoisotopic (exact) mass is 341 g/mol. The highest BCUT2D eigenvalue weighted by Gasteiger charge is 2.08. The lowest BCUT2D eigenvalue weighted by Crippen LogP contribution is -2.12. The van der Waals surface area contributed by atoms with E-state index in [2.05, 4.69) is 19.2 Å². The molecule has 0 radical (unpaired) electrons. The van der Waals surface area contributed by atoms with Crippen molar-refractivity contribution in [2.24, 2.45) is 5.92 Å². The molecule has 0 heterocycles. The summed E-state index contributed by atoms with van der Waals surface area (Å²) in [5, 5.41) is 2.91. The summed E-state index contributed by atoms with van der Waals surface area (Å²) in [6.07, 6.45) is 1.93. The maximum atomic E-state index is 12.4. The van der Waals surface area contributed by atoms with Crippen molar-refractivity contribution in [1.82, 2.24) is 0 Å². The lowest BCUT2D eigenvalue weighted by Gasteiger charge is -2.11. The zero-order valence-corrected chi connectivity index (χ0v) is 15.2. The number of benzene rings is 2. The van der Waals surface area contributed by atoms with E-state index in [1.165, 1.54) is 0 Å². The summed E-state index contributed by atoms with van der Waals surface area (Å²) in [4.78, 5) is 12.4. The molecule has 2 aromatic carbocycles. The molecule has 0 fully saturated rings. The molecule has 0 aliphatic heterocycles. The molecular weight excluding hydrogens is 314 g/mol. The van der Waals surface area contributed by atoms with Crippen molar-refractivity contribution in [3.8, 4) is 11.5 Å². The van der Waals surface area contributed by atoms with Gasteiger partial charge in [0.05, 0.1) is 13.2 Å². The van der Waals surface area contributed by atoms with Crippen LogP contribution in [0.3, 0.4) is 0 Å². The Balaban J connectivity index is 1.98. The number of rotatable bonds is 9. The number of carbonyl (C=O) groups is 1. The summed E-state index contributed by atoms with van der Waals surface area (Å²) >= 11 is 0. The van der Waals surface area contributed by atoms with Crippen LogP contribution in [0.4, 0.5) is 5.69 Å². The summed E-state index contributed by atoms with van der Waals surface area (Å²) in [6, 6.07) is 14.7. The number of carbonyl (C=O) groups excluding carboxylic acids is 1. The molecule has 0 saturated carbocycles. The molecule has 0 saturated heterocycles. The standard InChI is InChI=1S/C21H27NO3/c1-4-12-24-19-9-5-7-17(14-19)21(23)22-18-8-6-10-20(15-18)25-13-11-16(2)3/h5-10,14-16H,4,11-13H2,1-3H3,(H,22,23). The topological polar surface area (TPSA) is 47.6 Å². The van der Waals surface area contributed by atoms with Crippen LogP contribution in [-0.4, -0.2) is 19.1 Å². The van der Waals surface area contributed by atoms with Gasteiger partial charge in [-0.1, -0.05) is 32.9 Å². The molecule has 2 rings (SSSR count). The molecule has 4 nitrogen and oxygen atoms in total. The van der Waals surface area contributed by atoms with Crippen molar-refractivity contribution in [1.29, 1.82) is 0 Å². The molecule has 0 aromatic heterocycles. The minimum atomic E-state index is -0.165. The average molecular weight is 341 g/mol. The van der Waals surface area contributed by atoms with Crippen molar-refractivity contribution in [2.45, 2.75) is 33.6 Å². The fourth-order valence-electron chi connectivity index (χ4n) is 2.23. The smallest absolute Gasteiger partial charge is 0.255 e. The molecule has 4 heteroatoms. The molecule has 0 aliphatic carbocycles. The van der Waals surface area contributed by atoms with E-state index in [0.29, 0.717) is 36.1 Å². The van der Waals surface area contributed by atoms with Crippen LogP contribution in [0, 0.1) is 5.92 Å². The molecule has 0 atom stereocenters. The van der Waals surface area contributed by atoms with Gasteiger partial charge in [-0.2, -0.15) is 0 Å². The Kier molecular flexibility index (Phi) is 7.33. The third kappa shape index (κ3) is 6.49. The maximum absolute atomic E-state index is 12.4. The van der Waals surface area contributed by atoms with Gasteiger partial charge >= 0.3 is 0 Å². The van der Waals surface area contributed by atoms with Gasteiger partial charge in [0.25, 0.3) is 5.91 Å². The molecule has 0 aliphatic rings. The second kappa shape index (κ2) is 9.72. The number of hydrogen-bond donors (Lipinski definition) is 1. The quantitative estimate of drug-likeness (QED) is 0.686. The van der Waals surface area contributed by atoms with Crippen LogP contribution in [0.1, 0.15) is 44.0 Å². The minimum absolute atomic E-state index is 0.165. The lowest BCUT2D eigenvalue weighted by atomic mass is 10.1. The van der Waals surface area contributed by atoms with E-state index in [0.717, 1.165) is 18.6 Å². The van der Waals surface area contributed by atoms with Crippen molar-refractivity contribution < 1.29 is 14.3 Å². The normalized spacial score (nSPS) is 10.6. The minimum Gasteiger partial charge on any atom is -0.494 e. The van der Waals surface area contributed by atoms with Gasteiger partial charge in [-0.25, -0.2) is 0 Å². The summed E-state index contributed by atoms with van der Waals surface area (Å²) in [6.45, 7) is 7.69. The fourth-order valence-corrected chi connectivity index (χ4v) is 2.23. The Bertz CT molecular complexity index is 682. The lowest BCUT2D eigenvalue weighted by molar-refractivity contribution is 0.102. The van der Waals surface area contributed by atoms with Gasteiger partial charge < -0.3 is 14.8 Å². The van der Waals surface area contributed by atoms with Gasteiger partial charge in [0.1, 0.15) is 11.5 Å². The number of nitrogens with one attached hydrogen (secondary N) is 1. The molecule has 0 bridgehead atoms. The molecule has 0 spiro atoms. The van der Waals surface area contributed by atoms with E-state index < -0.39 is 0 Å². The largest absolute Gasteiger partial charge is 0.494 e. The number of ether oxygens (including phenoxy) is 2. The van der Waals surface area contributed by atoms with Crippen LogP contribution in [0.25, 0.3) is 0 Å². The summed E-state index contributed by atoms with van der Waals surface area (Å²) in [5.74, 6) is 1.91. The predicted molar refractivity (Wildman–Crippen MR) is 102 cm³/mol. The first-order chi connectivity index (χ1) is 12.1. The van der Waals surface area contributed by atoms with Crippen LogP contribution >= 0.6 is 0 Å². The first-order valence-corrected chi connectivity index (χ1v) is 8.85. The van der Waals surface area contributed by atoms with Crippen LogP contribution < -0.4 is 14.8 Å². The third-order valence-corrected chi connectivity index (χ3v) is 3.62. The van der Waals surface area contributed by atoms with Gasteiger partial charge in [0.15, 0.2) is 0 Å². The first-order valence-electron chi connectivity index (χ1n) is 8.85. The SMILES string of the molecule is CCCOc1cccc(C(=O)Nc2cccc(OCCC(C)C)c2)c1. The summed E-state index contributed by atoms with van der Waals surface area (Å²) < 4.78 is 11.3. The second-order valence-corrected chi connectivity index (χ2v) is 6.39. The maximum Gasteiger partial charge on any atom is 0.255 e. The van der Waals surface area contributed by atoms with Crippen LogP contribution in [0.5, 0.6) is 11.5 Å². The molecular formula is C21H27NO3. The number of amides is 1. The number of anilines is 1. The zero-order valence-electron chi connectivity index (χ0n) is 15.2. The van der Waals surface area contributed by atoms with Crippen molar-refractivity contribution >= 4 is 11.6 Å². The van der Waals surface area contributed by atoms with Gasteiger partial charge in [-0.05, 0) is 49.1 Å². The Morgan fingerprint density at radius 2 is 1.68 bits per heavy atom. The van der Waals surface area contributed by atoms with Crippen molar-refractivity contribution in [3.63, 3.8) is 0 Å². The highest BCUT2D eigenvalue weighted by molar-refractivity contribution is 6.04. The third-order valence-electron chi connectivity index (χ3n) is 3.62. The fraction of sp³-hybridized carbons (Fsp3) is 0.381. The van der Waals surface area contributed by atoms with E-state index in [1.807, 2.05) is 43.3 Å². The second-order valence-electron chi connectivity index (χ2n) is 6.39. The van der Waals surface area contributed by atoms with Gasteiger partial charge in [-0.3, -0.25) is 4.79 Å². The molecule has 1 amide bonds. The Morgan fingerprint density at radius 1 is 1.00 bits per heavy atom. The molecule has 1 N–H and O–H groups in total. The van der Waals surface area contributed by atoms with Crippen molar-refractivity contribution in [2.75, 3.05) is 18.5 Å². The average Bonchev–Trinajstić information content (AvgIpc) is 2.60. The molecule has 134 valence electrons. The van der Waals surface area contributed by atoms with E-state index >= 15 is 0 Å². The van der Waals surface area contributed by atoms with E-state index in [4.69, 9.17) is 9.47 Å². The predicted octanol–water partition coefficient (Wildman–Crippen LogP) is 5.15. The Morgan fingerprint density at radius 3 is 2.40 bits per heavy atom. The molecule has 25 heavy (non-hydrogen) atoms. The summed E-state index contributed by atoms with van der Waals surface area (Å²) in [7, 11) is 0. The zero-order chi connectivity index (χ0) is 18.1. The molecule has 0 unspecified atom stereocenters. The van der Waals surface area contributed by atoms with Crippen molar-refractivity contribution in [3.05, 3.63) is 54.1 Å². The molecule has 2 aromatic rings. The Hall–Kier alpha value is -2.49. The van der Waals surface area contributed by atoms with Gasteiger partial charge in [-0.15, -0.1) is 0 Å². The number of hydrogen-bond acceptors (Lipinski definition) is 3. The summed E-state index contributed by atoms with van der Waals surface area (Å²) in [5.41, 5.74) is 1.28.